The molecule has 92 valence electrons. The van der Waals surface area contributed by atoms with Crippen LogP contribution in [0.4, 0.5) is 5.69 Å². The van der Waals surface area contributed by atoms with Gasteiger partial charge in [0.05, 0.1) is 5.56 Å². The normalized spacial score (nSPS) is 15.2. The third-order valence-corrected chi connectivity index (χ3v) is 3.62. The molecule has 0 aliphatic heterocycles. The van der Waals surface area contributed by atoms with Gasteiger partial charge in [-0.3, -0.25) is 4.79 Å². The quantitative estimate of drug-likeness (QED) is 0.869. The van der Waals surface area contributed by atoms with Crippen molar-refractivity contribution in [3.63, 3.8) is 0 Å². The lowest BCUT2D eigenvalue weighted by molar-refractivity contribution is 0.0653. The zero-order valence-electron chi connectivity index (χ0n) is 10.8. The summed E-state index contributed by atoms with van der Waals surface area (Å²) in [5, 5.41) is 3.10. The molecule has 1 aliphatic carbocycles. The largest absolute Gasteiger partial charge is 0.387 e. The highest BCUT2D eigenvalue weighted by Crippen LogP contribution is 2.26. The molecule has 1 aromatic rings. The van der Waals surface area contributed by atoms with E-state index in [0.29, 0.717) is 6.04 Å². The van der Waals surface area contributed by atoms with Crippen LogP contribution < -0.4 is 5.32 Å². The van der Waals surface area contributed by atoms with E-state index in [9.17, 15) is 4.79 Å². The van der Waals surface area contributed by atoms with E-state index in [0.717, 1.165) is 29.7 Å². The summed E-state index contributed by atoms with van der Waals surface area (Å²) in [6, 6.07) is 6.36. The first-order chi connectivity index (χ1) is 8.13. The van der Waals surface area contributed by atoms with Crippen molar-refractivity contribution in [3.8, 4) is 0 Å². The standard InChI is InChI=1S/C14H20N2O/c1-10-7-8-12(13(9-10)15-2)14(17)16(3)11-5-4-6-11/h7-9,11,15H,4-6H2,1-3H3. The van der Waals surface area contributed by atoms with Gasteiger partial charge in [0.1, 0.15) is 0 Å². The summed E-state index contributed by atoms with van der Waals surface area (Å²) in [6.07, 6.45) is 3.53. The van der Waals surface area contributed by atoms with Crippen LogP contribution in [0.2, 0.25) is 0 Å². The minimum absolute atomic E-state index is 0.124. The minimum atomic E-state index is 0.124. The fraction of sp³-hybridized carbons (Fsp3) is 0.500. The molecule has 3 heteroatoms. The Labute approximate surface area is 103 Å². The van der Waals surface area contributed by atoms with Crippen molar-refractivity contribution >= 4 is 11.6 Å². The summed E-state index contributed by atoms with van der Waals surface area (Å²) >= 11 is 0. The van der Waals surface area contributed by atoms with E-state index in [-0.39, 0.29) is 5.91 Å². The van der Waals surface area contributed by atoms with Gasteiger partial charge >= 0.3 is 0 Å². The molecule has 3 nitrogen and oxygen atoms in total. The maximum absolute atomic E-state index is 12.4. The highest BCUT2D eigenvalue weighted by Gasteiger charge is 2.27. The molecule has 1 fully saturated rings. The van der Waals surface area contributed by atoms with Gasteiger partial charge in [-0.15, -0.1) is 0 Å². The van der Waals surface area contributed by atoms with Gasteiger partial charge in [-0.2, -0.15) is 0 Å². The molecule has 1 N–H and O–H groups in total. The maximum atomic E-state index is 12.4. The number of nitrogens with one attached hydrogen (secondary N) is 1. The topological polar surface area (TPSA) is 32.3 Å². The van der Waals surface area contributed by atoms with Crippen LogP contribution in [0.5, 0.6) is 0 Å². The highest BCUT2D eigenvalue weighted by atomic mass is 16.2. The molecule has 1 amide bonds. The number of benzene rings is 1. The Bertz CT molecular complexity index is 424. The number of amides is 1. The second kappa shape index (κ2) is 4.78. The molecule has 17 heavy (non-hydrogen) atoms. The second-order valence-electron chi connectivity index (χ2n) is 4.80. The fourth-order valence-electron chi connectivity index (χ4n) is 2.18. The van der Waals surface area contributed by atoms with Crippen LogP contribution >= 0.6 is 0 Å². The van der Waals surface area contributed by atoms with Crippen LogP contribution in [0.25, 0.3) is 0 Å². The molecule has 0 bridgehead atoms. The number of carbonyl (C=O) groups excluding carboxylic acids is 1. The maximum Gasteiger partial charge on any atom is 0.255 e. The number of anilines is 1. The molecular formula is C14H20N2O. The minimum Gasteiger partial charge on any atom is -0.387 e. The van der Waals surface area contributed by atoms with E-state index < -0.39 is 0 Å². The predicted molar refractivity (Wildman–Crippen MR) is 70.5 cm³/mol. The molecule has 0 heterocycles. The molecule has 0 spiro atoms. The number of hydrogen-bond donors (Lipinski definition) is 1. The van der Waals surface area contributed by atoms with Gasteiger partial charge in [0, 0.05) is 25.8 Å². The van der Waals surface area contributed by atoms with Crippen molar-refractivity contribution in [1.29, 1.82) is 0 Å². The summed E-state index contributed by atoms with van der Waals surface area (Å²) in [5.74, 6) is 0.124. The van der Waals surface area contributed by atoms with Gasteiger partial charge in [-0.25, -0.2) is 0 Å². The number of nitrogens with zero attached hydrogens (tertiary/aromatic N) is 1. The predicted octanol–water partition coefficient (Wildman–Crippen LogP) is 2.66. The highest BCUT2D eigenvalue weighted by molar-refractivity contribution is 5.99. The number of rotatable bonds is 3. The van der Waals surface area contributed by atoms with Gasteiger partial charge in [-0.05, 0) is 43.9 Å². The van der Waals surface area contributed by atoms with Crippen LogP contribution in [-0.2, 0) is 0 Å². The molecule has 1 aliphatic rings. The fourth-order valence-corrected chi connectivity index (χ4v) is 2.18. The van der Waals surface area contributed by atoms with Crippen molar-refractivity contribution in [1.82, 2.24) is 4.90 Å². The Morgan fingerprint density at radius 1 is 1.41 bits per heavy atom. The van der Waals surface area contributed by atoms with Gasteiger partial charge < -0.3 is 10.2 Å². The molecule has 0 radical (unpaired) electrons. The summed E-state index contributed by atoms with van der Waals surface area (Å²) in [6.45, 7) is 2.03. The van der Waals surface area contributed by atoms with Crippen molar-refractivity contribution in [2.75, 3.05) is 19.4 Å². The van der Waals surface area contributed by atoms with Crippen LogP contribution in [0.15, 0.2) is 18.2 Å². The average molecular weight is 232 g/mol. The van der Waals surface area contributed by atoms with E-state index >= 15 is 0 Å². The van der Waals surface area contributed by atoms with Gasteiger partial charge in [0.25, 0.3) is 5.91 Å². The lowest BCUT2D eigenvalue weighted by Crippen LogP contribution is -2.41. The van der Waals surface area contributed by atoms with Gasteiger partial charge in [0.15, 0.2) is 0 Å². The third kappa shape index (κ3) is 2.28. The molecule has 0 atom stereocenters. The summed E-state index contributed by atoms with van der Waals surface area (Å²) in [4.78, 5) is 14.2. The van der Waals surface area contributed by atoms with Crippen LogP contribution in [0, 0.1) is 6.92 Å². The molecular weight excluding hydrogens is 212 g/mol. The third-order valence-electron chi connectivity index (χ3n) is 3.62. The molecule has 0 unspecified atom stereocenters. The molecule has 1 saturated carbocycles. The Morgan fingerprint density at radius 2 is 2.12 bits per heavy atom. The lowest BCUT2D eigenvalue weighted by atomic mass is 9.91. The zero-order valence-corrected chi connectivity index (χ0v) is 10.8. The Kier molecular flexibility index (Phi) is 3.36. The molecule has 1 aromatic carbocycles. The summed E-state index contributed by atoms with van der Waals surface area (Å²) < 4.78 is 0. The first-order valence-corrected chi connectivity index (χ1v) is 6.19. The Morgan fingerprint density at radius 3 is 2.65 bits per heavy atom. The van der Waals surface area contributed by atoms with E-state index in [2.05, 4.69) is 5.32 Å². The Hall–Kier alpha value is -1.51. The van der Waals surface area contributed by atoms with E-state index in [4.69, 9.17) is 0 Å². The van der Waals surface area contributed by atoms with Crippen molar-refractivity contribution < 1.29 is 4.79 Å². The van der Waals surface area contributed by atoms with Crippen molar-refractivity contribution in [2.24, 2.45) is 0 Å². The summed E-state index contributed by atoms with van der Waals surface area (Å²) in [5.41, 5.74) is 2.85. The van der Waals surface area contributed by atoms with Crippen molar-refractivity contribution in [2.45, 2.75) is 32.2 Å². The number of aryl methyl sites for hydroxylation is 1. The monoisotopic (exact) mass is 232 g/mol. The van der Waals surface area contributed by atoms with Gasteiger partial charge in [-0.1, -0.05) is 6.07 Å². The molecule has 2 rings (SSSR count). The SMILES string of the molecule is CNc1cc(C)ccc1C(=O)N(C)C1CCC1. The molecule has 0 aromatic heterocycles. The number of carbonyl (C=O) groups is 1. The van der Waals surface area contributed by atoms with Crippen molar-refractivity contribution in [3.05, 3.63) is 29.3 Å². The van der Waals surface area contributed by atoms with E-state index in [1.165, 1.54) is 6.42 Å². The lowest BCUT2D eigenvalue weighted by Gasteiger charge is -2.35. The van der Waals surface area contributed by atoms with E-state index in [1.807, 2.05) is 44.1 Å². The smallest absolute Gasteiger partial charge is 0.255 e. The first-order valence-electron chi connectivity index (χ1n) is 6.19. The summed E-state index contributed by atoms with van der Waals surface area (Å²) in [7, 11) is 3.76. The zero-order chi connectivity index (χ0) is 12.4. The van der Waals surface area contributed by atoms with Gasteiger partial charge in [0.2, 0.25) is 0 Å². The van der Waals surface area contributed by atoms with Crippen LogP contribution in [-0.4, -0.2) is 30.9 Å². The number of hydrogen-bond acceptors (Lipinski definition) is 2. The van der Waals surface area contributed by atoms with E-state index in [1.54, 1.807) is 0 Å². The van der Waals surface area contributed by atoms with Crippen LogP contribution in [0.1, 0.15) is 35.2 Å². The Balaban J connectivity index is 2.23. The van der Waals surface area contributed by atoms with Crippen LogP contribution in [0.3, 0.4) is 0 Å². The first kappa shape index (κ1) is 12.0. The average Bonchev–Trinajstić information content (AvgIpc) is 2.25. The molecule has 0 saturated heterocycles. The second-order valence-corrected chi connectivity index (χ2v) is 4.80.